The molecule has 0 heterocycles. The van der Waals surface area contributed by atoms with Gasteiger partial charge in [-0.2, -0.15) is 0 Å². The van der Waals surface area contributed by atoms with Crippen molar-refractivity contribution in [3.63, 3.8) is 0 Å². The Labute approximate surface area is 206 Å². The molecule has 0 bridgehead atoms. The number of benzene rings is 6. The highest BCUT2D eigenvalue weighted by Crippen LogP contribution is 2.30. The van der Waals surface area contributed by atoms with Crippen LogP contribution in [0, 0.1) is 0 Å². The van der Waals surface area contributed by atoms with Crippen LogP contribution in [0.25, 0.3) is 43.1 Å². The minimum Gasteiger partial charge on any atom is -0.469 e. The summed E-state index contributed by atoms with van der Waals surface area (Å²) in [4.78, 5) is 10.8. The quantitative estimate of drug-likeness (QED) is 0.191. The Morgan fingerprint density at radius 3 is 1.17 bits per heavy atom. The Morgan fingerprint density at radius 1 is 0.514 bits per heavy atom. The molecular formula is C33H30O2. The summed E-state index contributed by atoms with van der Waals surface area (Å²) in [6, 6.07) is 40.4. The number of carbonyl (C=O) groups excluding carboxylic acids is 1. The Bertz CT molecular complexity index is 1400. The van der Waals surface area contributed by atoms with Gasteiger partial charge in [-0.05, 0) is 85.1 Å². The molecule has 0 aromatic heterocycles. The molecule has 0 N–H and O–H groups in total. The van der Waals surface area contributed by atoms with Crippen LogP contribution in [-0.4, -0.2) is 13.1 Å². The molecule has 0 aliphatic rings. The summed E-state index contributed by atoms with van der Waals surface area (Å²) in [5.41, 5.74) is 0.986. The molecular weight excluding hydrogens is 428 g/mol. The van der Waals surface area contributed by atoms with Crippen LogP contribution >= 0.6 is 0 Å². The summed E-state index contributed by atoms with van der Waals surface area (Å²) < 4.78 is 4.52. The first-order chi connectivity index (χ1) is 17.2. The van der Waals surface area contributed by atoms with Crippen LogP contribution in [0.2, 0.25) is 0 Å². The second kappa shape index (κ2) is 11.3. The van der Waals surface area contributed by atoms with E-state index < -0.39 is 0 Å². The fraction of sp³-hybridized carbons (Fsp3) is 0.121. The summed E-state index contributed by atoms with van der Waals surface area (Å²) in [5, 5.41) is 10.4. The number of carbonyl (C=O) groups is 1. The zero-order chi connectivity index (χ0) is 24.6. The highest BCUT2D eigenvalue weighted by molar-refractivity contribution is 6.08. The molecule has 174 valence electrons. The summed E-state index contributed by atoms with van der Waals surface area (Å²) in [6.45, 7) is 4.00. The third kappa shape index (κ3) is 5.67. The standard InChI is InChI=1S/C22H14.C9H10O2.C2H6/c1-2-6-16-10-20-14-22-12-18-8-4-3-7-17(18)11-21(22)13-19(20)9-15(16)5-1;1-11-9(10)7-8-5-3-2-4-6-8;1-2/h1-14H;2-6H,7H2,1H3;1-2H3. The van der Waals surface area contributed by atoms with Crippen LogP contribution in [0.4, 0.5) is 0 Å². The molecule has 0 aliphatic carbocycles. The number of methoxy groups -OCH3 is 1. The van der Waals surface area contributed by atoms with Crippen molar-refractivity contribution in [3.05, 3.63) is 121 Å². The van der Waals surface area contributed by atoms with Crippen LogP contribution in [0.3, 0.4) is 0 Å². The molecule has 2 nitrogen and oxygen atoms in total. The average Bonchev–Trinajstić information content (AvgIpc) is 2.91. The van der Waals surface area contributed by atoms with Crippen LogP contribution in [0.15, 0.2) is 115 Å². The van der Waals surface area contributed by atoms with Crippen LogP contribution in [0.1, 0.15) is 19.4 Å². The Morgan fingerprint density at radius 2 is 0.829 bits per heavy atom. The highest BCUT2D eigenvalue weighted by Gasteiger charge is 2.03. The first kappa shape index (κ1) is 24.0. The van der Waals surface area contributed by atoms with Gasteiger partial charge in [-0.3, -0.25) is 4.79 Å². The molecule has 0 saturated carbocycles. The van der Waals surface area contributed by atoms with Gasteiger partial charge in [-0.1, -0.05) is 92.7 Å². The fourth-order valence-corrected chi connectivity index (χ4v) is 4.22. The van der Waals surface area contributed by atoms with Crippen LogP contribution < -0.4 is 0 Å². The van der Waals surface area contributed by atoms with Gasteiger partial charge in [0.2, 0.25) is 0 Å². The Kier molecular flexibility index (Phi) is 7.74. The average molecular weight is 459 g/mol. The largest absolute Gasteiger partial charge is 0.469 e. The maximum Gasteiger partial charge on any atom is 0.309 e. The minimum atomic E-state index is -0.198. The zero-order valence-electron chi connectivity index (χ0n) is 20.5. The van der Waals surface area contributed by atoms with E-state index in [-0.39, 0.29) is 5.97 Å². The van der Waals surface area contributed by atoms with Gasteiger partial charge in [0.05, 0.1) is 13.5 Å². The van der Waals surface area contributed by atoms with Crippen molar-refractivity contribution in [2.24, 2.45) is 0 Å². The summed E-state index contributed by atoms with van der Waals surface area (Å²) in [7, 11) is 1.39. The third-order valence-corrected chi connectivity index (χ3v) is 5.94. The topological polar surface area (TPSA) is 26.3 Å². The van der Waals surface area contributed by atoms with E-state index >= 15 is 0 Å². The smallest absolute Gasteiger partial charge is 0.309 e. The van der Waals surface area contributed by atoms with Gasteiger partial charge < -0.3 is 4.74 Å². The number of esters is 1. The van der Waals surface area contributed by atoms with E-state index in [0.717, 1.165) is 5.56 Å². The predicted molar refractivity (Wildman–Crippen MR) is 150 cm³/mol. The van der Waals surface area contributed by atoms with Crippen molar-refractivity contribution in [1.82, 2.24) is 0 Å². The van der Waals surface area contributed by atoms with Gasteiger partial charge >= 0.3 is 5.97 Å². The highest BCUT2D eigenvalue weighted by atomic mass is 16.5. The SMILES string of the molecule is CC.COC(=O)Cc1ccccc1.c1ccc2cc3cc4cc5ccccc5cc4cc3cc2c1. The van der Waals surface area contributed by atoms with E-state index in [1.54, 1.807) is 0 Å². The molecule has 0 fully saturated rings. The molecule has 6 aromatic carbocycles. The van der Waals surface area contributed by atoms with E-state index in [2.05, 4.69) is 89.7 Å². The number of fused-ring (bicyclic) bond motifs is 4. The number of hydrogen-bond donors (Lipinski definition) is 0. The van der Waals surface area contributed by atoms with E-state index in [1.165, 1.54) is 50.2 Å². The van der Waals surface area contributed by atoms with Crippen LogP contribution in [-0.2, 0) is 16.0 Å². The summed E-state index contributed by atoms with van der Waals surface area (Å²) >= 11 is 0. The van der Waals surface area contributed by atoms with Crippen molar-refractivity contribution in [2.75, 3.05) is 7.11 Å². The molecule has 0 amide bonds. The Hall–Kier alpha value is -4.17. The molecule has 0 aliphatic heterocycles. The molecule has 0 unspecified atom stereocenters. The predicted octanol–water partition coefficient (Wildman–Crippen LogP) is 8.73. The fourth-order valence-electron chi connectivity index (χ4n) is 4.22. The first-order valence-electron chi connectivity index (χ1n) is 12.1. The summed E-state index contributed by atoms with van der Waals surface area (Å²) in [5.74, 6) is -0.198. The lowest BCUT2D eigenvalue weighted by atomic mass is 9.97. The lowest BCUT2D eigenvalue weighted by Gasteiger charge is -2.07. The summed E-state index contributed by atoms with van der Waals surface area (Å²) in [6.07, 6.45) is 0.358. The van der Waals surface area contributed by atoms with Crippen molar-refractivity contribution in [2.45, 2.75) is 20.3 Å². The number of hydrogen-bond acceptors (Lipinski definition) is 2. The zero-order valence-corrected chi connectivity index (χ0v) is 20.5. The lowest BCUT2D eigenvalue weighted by molar-refractivity contribution is -0.139. The molecule has 6 rings (SSSR count). The second-order valence-electron chi connectivity index (χ2n) is 8.18. The molecule has 6 aromatic rings. The van der Waals surface area contributed by atoms with Gasteiger partial charge in [-0.25, -0.2) is 0 Å². The minimum absolute atomic E-state index is 0.198. The van der Waals surface area contributed by atoms with Crippen LogP contribution in [0.5, 0.6) is 0 Å². The van der Waals surface area contributed by atoms with Gasteiger partial charge in [-0.15, -0.1) is 0 Å². The van der Waals surface area contributed by atoms with Gasteiger partial charge in [0.1, 0.15) is 0 Å². The first-order valence-corrected chi connectivity index (χ1v) is 12.1. The van der Waals surface area contributed by atoms with E-state index in [4.69, 9.17) is 0 Å². The normalized spacial score (nSPS) is 10.4. The van der Waals surface area contributed by atoms with Gasteiger partial charge in [0.15, 0.2) is 0 Å². The van der Waals surface area contributed by atoms with E-state index in [0.29, 0.717) is 6.42 Å². The molecule has 0 atom stereocenters. The maximum atomic E-state index is 10.8. The third-order valence-electron chi connectivity index (χ3n) is 5.94. The molecule has 0 radical (unpaired) electrons. The lowest BCUT2D eigenvalue weighted by Crippen LogP contribution is -2.03. The molecule has 0 saturated heterocycles. The monoisotopic (exact) mass is 458 g/mol. The number of ether oxygens (including phenoxy) is 1. The molecule has 35 heavy (non-hydrogen) atoms. The van der Waals surface area contributed by atoms with Crippen molar-refractivity contribution in [3.8, 4) is 0 Å². The number of rotatable bonds is 2. The van der Waals surface area contributed by atoms with Crippen molar-refractivity contribution >= 4 is 49.1 Å². The molecule has 2 heteroatoms. The molecule has 0 spiro atoms. The van der Waals surface area contributed by atoms with Crippen molar-refractivity contribution in [1.29, 1.82) is 0 Å². The van der Waals surface area contributed by atoms with E-state index in [1.807, 2.05) is 44.2 Å². The van der Waals surface area contributed by atoms with Gasteiger partial charge in [0, 0.05) is 0 Å². The van der Waals surface area contributed by atoms with E-state index in [9.17, 15) is 4.79 Å². The van der Waals surface area contributed by atoms with Crippen molar-refractivity contribution < 1.29 is 9.53 Å². The van der Waals surface area contributed by atoms with Gasteiger partial charge in [0.25, 0.3) is 0 Å². The second-order valence-corrected chi connectivity index (χ2v) is 8.18. The Balaban J connectivity index is 0.000000189. The maximum absolute atomic E-state index is 10.8.